The molecule has 4 rings (SSSR count). The van der Waals surface area contributed by atoms with Crippen molar-refractivity contribution in [1.29, 1.82) is 0 Å². The molecule has 3 heterocycles. The minimum Gasteiger partial charge on any atom is -0.360 e. The van der Waals surface area contributed by atoms with Gasteiger partial charge in [-0.1, -0.05) is 6.92 Å². The summed E-state index contributed by atoms with van der Waals surface area (Å²) in [5.74, 6) is 2.50. The summed E-state index contributed by atoms with van der Waals surface area (Å²) in [5, 5.41) is 7.49. The van der Waals surface area contributed by atoms with Crippen LogP contribution in [0.4, 0.5) is 5.82 Å². The first-order valence-corrected chi connectivity index (χ1v) is 11.7. The molecule has 1 saturated heterocycles. The number of nitrogens with zero attached hydrogens (tertiary/aromatic N) is 3. The zero-order valence-electron chi connectivity index (χ0n) is 18.1. The molecule has 7 heteroatoms. The van der Waals surface area contributed by atoms with E-state index in [1.807, 2.05) is 32.1 Å². The lowest BCUT2D eigenvalue weighted by Gasteiger charge is -2.29. The normalized spacial score (nSPS) is 18.2. The minimum absolute atomic E-state index is 0.0114. The van der Waals surface area contributed by atoms with E-state index in [0.717, 1.165) is 60.3 Å². The molecular weight excluding hydrogens is 382 g/mol. The van der Waals surface area contributed by atoms with Crippen LogP contribution in [0.1, 0.15) is 63.2 Å². The third kappa shape index (κ3) is 4.89. The number of fused-ring (bicyclic) bond motifs is 3. The second kappa shape index (κ2) is 8.19. The molecule has 1 fully saturated rings. The molecule has 1 amide bonds. The molecule has 29 heavy (non-hydrogen) atoms. The molecule has 0 atom stereocenters. The number of anilines is 1. The van der Waals surface area contributed by atoms with Crippen LogP contribution in [0, 0.1) is 5.92 Å². The summed E-state index contributed by atoms with van der Waals surface area (Å²) in [6, 6.07) is 0. The summed E-state index contributed by atoms with van der Waals surface area (Å²) in [7, 11) is 0. The summed E-state index contributed by atoms with van der Waals surface area (Å²) in [5.41, 5.74) is 1.15. The van der Waals surface area contributed by atoms with Gasteiger partial charge in [-0.05, 0) is 77.4 Å². The van der Waals surface area contributed by atoms with Crippen molar-refractivity contribution in [2.45, 2.75) is 71.9 Å². The topological polar surface area (TPSA) is 70.2 Å². The molecule has 6 nitrogen and oxygen atoms in total. The van der Waals surface area contributed by atoms with Gasteiger partial charge in [0.05, 0.1) is 18.5 Å². The summed E-state index contributed by atoms with van der Waals surface area (Å²) < 4.78 is 0. The highest BCUT2D eigenvalue weighted by Gasteiger charge is 2.24. The highest BCUT2D eigenvalue weighted by molar-refractivity contribution is 7.19. The molecule has 0 spiro atoms. The van der Waals surface area contributed by atoms with Crippen LogP contribution in [0.3, 0.4) is 0 Å². The van der Waals surface area contributed by atoms with E-state index in [1.165, 1.54) is 29.7 Å². The van der Waals surface area contributed by atoms with Crippen LogP contribution in [0.25, 0.3) is 10.2 Å². The average Bonchev–Trinajstić information content (AvgIpc) is 3.21. The summed E-state index contributed by atoms with van der Waals surface area (Å²) >= 11 is 1.81. The molecule has 2 aromatic rings. The fraction of sp³-hybridized carbons (Fsp3) is 0.682. The van der Waals surface area contributed by atoms with Gasteiger partial charge >= 0.3 is 0 Å². The van der Waals surface area contributed by atoms with Crippen molar-refractivity contribution < 1.29 is 4.79 Å². The van der Waals surface area contributed by atoms with Gasteiger partial charge in [0.25, 0.3) is 0 Å². The van der Waals surface area contributed by atoms with E-state index in [-0.39, 0.29) is 18.0 Å². The lowest BCUT2D eigenvalue weighted by Crippen LogP contribution is -2.43. The molecule has 158 valence electrons. The van der Waals surface area contributed by atoms with Crippen molar-refractivity contribution >= 4 is 33.3 Å². The number of likely N-dealkylation sites (tertiary alicyclic amines) is 1. The maximum Gasteiger partial charge on any atom is 0.239 e. The average molecular weight is 416 g/mol. The van der Waals surface area contributed by atoms with E-state index in [4.69, 9.17) is 9.97 Å². The highest BCUT2D eigenvalue weighted by Crippen LogP contribution is 2.39. The number of hydrogen-bond acceptors (Lipinski definition) is 6. The Bertz CT molecular complexity index is 893. The predicted octanol–water partition coefficient (Wildman–Crippen LogP) is 3.74. The second-order valence-electron chi connectivity index (χ2n) is 9.64. The molecule has 0 unspecified atom stereocenters. The SMILES string of the molecule is CC1CCN(Cc2nc(NCC(=O)NC(C)(C)C)c3c4c(sc3n2)CCC4)CC1. The number of carbonyl (C=O) groups excluding carboxylic acids is 1. The number of aromatic nitrogens is 2. The van der Waals surface area contributed by atoms with Crippen molar-refractivity contribution in [3.8, 4) is 0 Å². The fourth-order valence-electron chi connectivity index (χ4n) is 4.29. The van der Waals surface area contributed by atoms with E-state index in [2.05, 4.69) is 22.5 Å². The van der Waals surface area contributed by atoms with E-state index in [0.29, 0.717) is 0 Å². The molecule has 2 aromatic heterocycles. The number of thiophene rings is 1. The standard InChI is InChI=1S/C22H33N5OS/c1-14-8-10-27(11-9-14)13-17-24-20(23-12-18(28)26-22(2,3)4)19-15-6-5-7-16(15)29-21(19)25-17/h14H,5-13H2,1-4H3,(H,26,28)(H,23,24,25). The third-order valence-corrected chi connectivity index (χ3v) is 6.97. The Kier molecular flexibility index (Phi) is 5.80. The molecule has 1 aliphatic carbocycles. The van der Waals surface area contributed by atoms with Gasteiger partial charge in [-0.25, -0.2) is 9.97 Å². The molecule has 0 saturated carbocycles. The number of nitrogens with one attached hydrogen (secondary N) is 2. The zero-order chi connectivity index (χ0) is 20.6. The zero-order valence-corrected chi connectivity index (χ0v) is 18.9. The maximum absolute atomic E-state index is 12.4. The Morgan fingerprint density at radius 3 is 2.69 bits per heavy atom. The lowest BCUT2D eigenvalue weighted by atomic mass is 9.99. The maximum atomic E-state index is 12.4. The van der Waals surface area contributed by atoms with Crippen LogP contribution in [0.5, 0.6) is 0 Å². The molecule has 1 aliphatic heterocycles. The second-order valence-corrected chi connectivity index (χ2v) is 10.7. The van der Waals surface area contributed by atoms with Crippen LogP contribution in [-0.2, 0) is 24.2 Å². The number of amides is 1. The predicted molar refractivity (Wildman–Crippen MR) is 120 cm³/mol. The number of hydrogen-bond donors (Lipinski definition) is 2. The van der Waals surface area contributed by atoms with E-state index < -0.39 is 0 Å². The van der Waals surface area contributed by atoms with E-state index >= 15 is 0 Å². The van der Waals surface area contributed by atoms with Crippen molar-refractivity contribution in [2.24, 2.45) is 5.92 Å². The first-order valence-electron chi connectivity index (χ1n) is 10.9. The minimum atomic E-state index is -0.236. The van der Waals surface area contributed by atoms with Crippen LogP contribution in [0.15, 0.2) is 0 Å². The summed E-state index contributed by atoms with van der Waals surface area (Å²) in [6.07, 6.45) is 5.92. The van der Waals surface area contributed by atoms with Crippen molar-refractivity contribution in [1.82, 2.24) is 20.2 Å². The molecule has 0 radical (unpaired) electrons. The molecular formula is C22H33N5OS. The van der Waals surface area contributed by atoms with Crippen LogP contribution in [-0.4, -0.2) is 45.9 Å². The van der Waals surface area contributed by atoms with Gasteiger partial charge < -0.3 is 10.6 Å². The Labute approximate surface area is 177 Å². The van der Waals surface area contributed by atoms with Crippen molar-refractivity contribution in [2.75, 3.05) is 25.0 Å². The largest absolute Gasteiger partial charge is 0.360 e. The van der Waals surface area contributed by atoms with Crippen molar-refractivity contribution in [3.63, 3.8) is 0 Å². The molecule has 2 aliphatic rings. The Morgan fingerprint density at radius 2 is 1.97 bits per heavy atom. The van der Waals surface area contributed by atoms with Gasteiger partial charge in [0.2, 0.25) is 5.91 Å². The fourth-order valence-corrected chi connectivity index (χ4v) is 5.57. The summed E-state index contributed by atoms with van der Waals surface area (Å²) in [6.45, 7) is 11.6. The number of aryl methyl sites for hydroxylation is 2. The van der Waals surface area contributed by atoms with Crippen molar-refractivity contribution in [3.05, 3.63) is 16.3 Å². The Morgan fingerprint density at radius 1 is 1.21 bits per heavy atom. The monoisotopic (exact) mass is 415 g/mol. The van der Waals surface area contributed by atoms with Crippen LogP contribution >= 0.6 is 11.3 Å². The number of carbonyl (C=O) groups is 1. The van der Waals surface area contributed by atoms with Crippen LogP contribution in [0.2, 0.25) is 0 Å². The van der Waals surface area contributed by atoms with Gasteiger partial charge in [-0.3, -0.25) is 9.69 Å². The first kappa shape index (κ1) is 20.5. The lowest BCUT2D eigenvalue weighted by molar-refractivity contribution is -0.120. The third-order valence-electron chi connectivity index (χ3n) is 5.78. The van der Waals surface area contributed by atoms with E-state index in [1.54, 1.807) is 0 Å². The first-order chi connectivity index (χ1) is 13.8. The van der Waals surface area contributed by atoms with Gasteiger partial charge in [0, 0.05) is 10.4 Å². The van der Waals surface area contributed by atoms with Gasteiger partial charge in [0.1, 0.15) is 16.5 Å². The van der Waals surface area contributed by atoms with Gasteiger partial charge in [-0.2, -0.15) is 0 Å². The quantitative estimate of drug-likeness (QED) is 0.778. The highest BCUT2D eigenvalue weighted by atomic mass is 32.1. The number of rotatable bonds is 5. The summed E-state index contributed by atoms with van der Waals surface area (Å²) in [4.78, 5) is 27.1. The number of piperidine rings is 1. The van der Waals surface area contributed by atoms with Gasteiger partial charge in [-0.15, -0.1) is 11.3 Å². The Balaban J connectivity index is 1.57. The Hall–Kier alpha value is -1.73. The molecule has 0 aromatic carbocycles. The van der Waals surface area contributed by atoms with Crippen LogP contribution < -0.4 is 10.6 Å². The van der Waals surface area contributed by atoms with E-state index in [9.17, 15) is 4.79 Å². The molecule has 2 N–H and O–H groups in total. The smallest absolute Gasteiger partial charge is 0.239 e. The van der Waals surface area contributed by atoms with Gasteiger partial charge in [0.15, 0.2) is 0 Å². The molecule has 0 bridgehead atoms.